The van der Waals surface area contributed by atoms with E-state index in [-0.39, 0.29) is 17.9 Å². The second-order valence-electron chi connectivity index (χ2n) is 5.87. The lowest BCUT2D eigenvalue weighted by atomic mass is 9.99. The molecular weight excluding hydrogens is 250 g/mol. The Hall–Kier alpha value is -1.19. The summed E-state index contributed by atoms with van der Waals surface area (Å²) in [6, 6.07) is 5.90. The van der Waals surface area contributed by atoms with Crippen LogP contribution in [0.1, 0.15) is 41.8 Å². The van der Waals surface area contributed by atoms with Gasteiger partial charge in [-0.15, -0.1) is 0 Å². The van der Waals surface area contributed by atoms with Crippen LogP contribution < -0.4 is 0 Å². The third-order valence-electron chi connectivity index (χ3n) is 4.20. The molecule has 3 nitrogen and oxygen atoms in total. The molecule has 0 spiro atoms. The maximum absolute atomic E-state index is 12.6. The Morgan fingerprint density at radius 2 is 2.10 bits per heavy atom. The van der Waals surface area contributed by atoms with Crippen LogP contribution in [-0.4, -0.2) is 42.5 Å². The van der Waals surface area contributed by atoms with E-state index in [4.69, 9.17) is 4.74 Å². The highest BCUT2D eigenvalue weighted by atomic mass is 16.5. The van der Waals surface area contributed by atoms with Gasteiger partial charge in [0.1, 0.15) is 0 Å². The number of carbonyl (C=O) groups is 1. The van der Waals surface area contributed by atoms with Crippen LogP contribution in [0.3, 0.4) is 0 Å². The van der Waals surface area contributed by atoms with Crippen molar-refractivity contribution in [2.75, 3.05) is 19.7 Å². The van der Waals surface area contributed by atoms with Gasteiger partial charge in [-0.05, 0) is 51.3 Å². The number of nitrogens with zero attached hydrogens (tertiary/aromatic N) is 1. The molecule has 0 amide bonds. The van der Waals surface area contributed by atoms with Crippen molar-refractivity contribution >= 4 is 5.78 Å². The van der Waals surface area contributed by atoms with Gasteiger partial charge in [-0.25, -0.2) is 0 Å². The average Bonchev–Trinajstić information content (AvgIpc) is 2.65. The van der Waals surface area contributed by atoms with Gasteiger partial charge in [-0.2, -0.15) is 0 Å². The fourth-order valence-electron chi connectivity index (χ4n) is 2.68. The lowest BCUT2D eigenvalue weighted by molar-refractivity contribution is 0.0581. The molecule has 2 unspecified atom stereocenters. The predicted molar refractivity (Wildman–Crippen MR) is 81.3 cm³/mol. The normalized spacial score (nSPS) is 22.3. The largest absolute Gasteiger partial charge is 0.377 e. The summed E-state index contributed by atoms with van der Waals surface area (Å²) in [5.74, 6) is 0.210. The Morgan fingerprint density at radius 1 is 1.35 bits per heavy atom. The molecule has 0 saturated carbocycles. The lowest BCUT2D eigenvalue weighted by Crippen LogP contribution is -2.42. The van der Waals surface area contributed by atoms with Crippen molar-refractivity contribution in [1.29, 1.82) is 0 Å². The molecule has 2 rings (SSSR count). The first kappa shape index (κ1) is 15.2. The van der Waals surface area contributed by atoms with E-state index in [1.807, 2.05) is 25.1 Å². The van der Waals surface area contributed by atoms with Crippen molar-refractivity contribution in [1.82, 2.24) is 4.90 Å². The van der Waals surface area contributed by atoms with Crippen LogP contribution in [0.25, 0.3) is 0 Å². The molecular formula is C17H25NO2. The lowest BCUT2D eigenvalue weighted by Gasteiger charge is -2.27. The minimum atomic E-state index is -0.0822. The van der Waals surface area contributed by atoms with Crippen molar-refractivity contribution in [3.8, 4) is 0 Å². The Morgan fingerprint density at radius 3 is 2.80 bits per heavy atom. The number of hydrogen-bond acceptors (Lipinski definition) is 3. The molecule has 1 aliphatic rings. The second kappa shape index (κ2) is 6.51. The summed E-state index contributed by atoms with van der Waals surface area (Å²) in [7, 11) is 0. The topological polar surface area (TPSA) is 29.5 Å². The Balaban J connectivity index is 2.12. The molecule has 3 heteroatoms. The van der Waals surface area contributed by atoms with Crippen LogP contribution >= 0.6 is 0 Å². The van der Waals surface area contributed by atoms with E-state index >= 15 is 0 Å². The number of rotatable bonds is 3. The Kier molecular flexibility index (Phi) is 4.95. The quantitative estimate of drug-likeness (QED) is 0.794. The first-order valence-electron chi connectivity index (χ1n) is 7.46. The van der Waals surface area contributed by atoms with Gasteiger partial charge in [0.15, 0.2) is 5.78 Å². The van der Waals surface area contributed by atoms with E-state index < -0.39 is 0 Å². The fourth-order valence-corrected chi connectivity index (χ4v) is 2.68. The van der Waals surface area contributed by atoms with Crippen LogP contribution in [0.4, 0.5) is 0 Å². The van der Waals surface area contributed by atoms with Crippen LogP contribution in [-0.2, 0) is 4.74 Å². The molecule has 0 aromatic heterocycles. The van der Waals surface area contributed by atoms with Crippen LogP contribution in [0, 0.1) is 13.8 Å². The maximum atomic E-state index is 12.6. The van der Waals surface area contributed by atoms with E-state index in [1.165, 1.54) is 11.1 Å². The van der Waals surface area contributed by atoms with Gasteiger partial charge in [0.05, 0.1) is 12.1 Å². The monoisotopic (exact) mass is 275 g/mol. The Bertz CT molecular complexity index is 484. The van der Waals surface area contributed by atoms with Crippen LogP contribution in [0.15, 0.2) is 18.2 Å². The predicted octanol–water partition coefficient (Wildman–Crippen LogP) is 2.99. The number of aryl methyl sites for hydroxylation is 2. The van der Waals surface area contributed by atoms with E-state index in [9.17, 15) is 4.79 Å². The number of ketones is 1. The molecule has 1 aromatic carbocycles. The number of Topliss-reactive ketones (excluding diaryl/α,β-unsaturated/α-hetero) is 1. The first-order valence-corrected chi connectivity index (χ1v) is 7.46. The van der Waals surface area contributed by atoms with Gasteiger partial charge in [0.25, 0.3) is 0 Å². The number of hydrogen-bond donors (Lipinski definition) is 0. The van der Waals surface area contributed by atoms with E-state index in [2.05, 4.69) is 25.7 Å². The van der Waals surface area contributed by atoms with Gasteiger partial charge in [0.2, 0.25) is 0 Å². The van der Waals surface area contributed by atoms with E-state index in [0.29, 0.717) is 0 Å². The van der Waals surface area contributed by atoms with Gasteiger partial charge >= 0.3 is 0 Å². The molecule has 0 N–H and O–H groups in total. The van der Waals surface area contributed by atoms with Crippen molar-refractivity contribution < 1.29 is 9.53 Å². The maximum Gasteiger partial charge on any atom is 0.179 e. The SMILES string of the molecule is Cc1ccc(C(=O)C(C)N2CCCOC(C)C2)cc1C. The minimum absolute atomic E-state index is 0.0822. The molecule has 1 aliphatic heterocycles. The third kappa shape index (κ3) is 3.47. The van der Waals surface area contributed by atoms with Crippen molar-refractivity contribution in [3.63, 3.8) is 0 Å². The highest BCUT2D eigenvalue weighted by Gasteiger charge is 2.25. The molecule has 1 aromatic rings. The zero-order valence-electron chi connectivity index (χ0n) is 13.0. The average molecular weight is 275 g/mol. The molecule has 1 saturated heterocycles. The highest BCUT2D eigenvalue weighted by molar-refractivity contribution is 6.00. The number of carbonyl (C=O) groups excluding carboxylic acids is 1. The molecule has 0 aliphatic carbocycles. The number of ether oxygens (including phenoxy) is 1. The molecule has 110 valence electrons. The Labute approximate surface area is 121 Å². The first-order chi connectivity index (χ1) is 9.49. The fraction of sp³-hybridized carbons (Fsp3) is 0.588. The van der Waals surface area contributed by atoms with Gasteiger partial charge in [0, 0.05) is 25.3 Å². The standard InChI is InChI=1S/C17H25NO2/c1-12-6-7-16(10-13(12)2)17(19)15(4)18-8-5-9-20-14(3)11-18/h6-7,10,14-15H,5,8-9,11H2,1-4H3. The minimum Gasteiger partial charge on any atom is -0.377 e. The van der Waals surface area contributed by atoms with Gasteiger partial charge in [-0.3, -0.25) is 9.69 Å². The number of benzene rings is 1. The highest BCUT2D eigenvalue weighted by Crippen LogP contribution is 2.16. The summed E-state index contributed by atoms with van der Waals surface area (Å²) < 4.78 is 5.65. The van der Waals surface area contributed by atoms with Crippen LogP contribution in [0.2, 0.25) is 0 Å². The molecule has 20 heavy (non-hydrogen) atoms. The zero-order chi connectivity index (χ0) is 14.7. The summed E-state index contributed by atoms with van der Waals surface area (Å²) >= 11 is 0. The molecule has 0 bridgehead atoms. The zero-order valence-corrected chi connectivity index (χ0v) is 13.0. The molecule has 1 heterocycles. The van der Waals surface area contributed by atoms with Gasteiger partial charge < -0.3 is 4.74 Å². The summed E-state index contributed by atoms with van der Waals surface area (Å²) in [5.41, 5.74) is 3.22. The molecule has 0 radical (unpaired) electrons. The summed E-state index contributed by atoms with van der Waals surface area (Å²) in [4.78, 5) is 14.9. The third-order valence-corrected chi connectivity index (χ3v) is 4.20. The summed E-state index contributed by atoms with van der Waals surface area (Å²) in [6.07, 6.45) is 1.20. The molecule has 1 fully saturated rings. The summed E-state index contributed by atoms with van der Waals surface area (Å²) in [6.45, 7) is 10.8. The molecule has 2 atom stereocenters. The van der Waals surface area contributed by atoms with Crippen molar-refractivity contribution in [2.24, 2.45) is 0 Å². The summed E-state index contributed by atoms with van der Waals surface area (Å²) in [5, 5.41) is 0. The van der Waals surface area contributed by atoms with Gasteiger partial charge in [-0.1, -0.05) is 12.1 Å². The van der Waals surface area contributed by atoms with Crippen molar-refractivity contribution in [2.45, 2.75) is 46.3 Å². The van der Waals surface area contributed by atoms with Crippen LogP contribution in [0.5, 0.6) is 0 Å². The van der Waals surface area contributed by atoms with Crippen molar-refractivity contribution in [3.05, 3.63) is 34.9 Å². The van der Waals surface area contributed by atoms with E-state index in [1.54, 1.807) is 0 Å². The second-order valence-corrected chi connectivity index (χ2v) is 5.87. The van der Waals surface area contributed by atoms with E-state index in [0.717, 1.165) is 31.7 Å². The smallest absolute Gasteiger partial charge is 0.179 e.